The largest absolute Gasteiger partial charge is 0.485 e. The van der Waals surface area contributed by atoms with Gasteiger partial charge in [0.2, 0.25) is 10.0 Å². The number of nitrogens with zero attached hydrogens (tertiary/aromatic N) is 3. The summed E-state index contributed by atoms with van der Waals surface area (Å²) < 4.78 is 32.4. The fraction of sp³-hybridized carbons (Fsp3) is 0.235. The molecule has 0 unspecified atom stereocenters. The molecule has 0 spiro atoms. The standard InChI is InChI=1S/C17H17Cl2N3O3S/c1-11-9-22-8-4-5-15(17(22)20-11)25-10-12-13(18)6-7-14(16(12)19)21(2)26(3,23)24/h4-9H,10H2,1-3H3. The van der Waals surface area contributed by atoms with Gasteiger partial charge in [0.1, 0.15) is 6.61 Å². The number of fused-ring (bicyclic) bond motifs is 1. The van der Waals surface area contributed by atoms with Gasteiger partial charge in [-0.1, -0.05) is 23.2 Å². The molecule has 0 atom stereocenters. The van der Waals surface area contributed by atoms with Crippen molar-refractivity contribution in [3.05, 3.63) is 58.0 Å². The van der Waals surface area contributed by atoms with E-state index in [4.69, 9.17) is 27.9 Å². The van der Waals surface area contributed by atoms with Crippen LogP contribution in [-0.2, 0) is 16.6 Å². The lowest BCUT2D eigenvalue weighted by Gasteiger charge is -2.20. The molecule has 0 saturated heterocycles. The van der Waals surface area contributed by atoms with E-state index >= 15 is 0 Å². The van der Waals surface area contributed by atoms with Gasteiger partial charge in [0, 0.05) is 30.0 Å². The molecule has 0 N–H and O–H groups in total. The molecule has 0 amide bonds. The monoisotopic (exact) mass is 413 g/mol. The van der Waals surface area contributed by atoms with Crippen molar-refractivity contribution in [2.24, 2.45) is 0 Å². The van der Waals surface area contributed by atoms with Crippen LogP contribution in [0.15, 0.2) is 36.7 Å². The Balaban J connectivity index is 1.95. The molecule has 0 aliphatic heterocycles. The summed E-state index contributed by atoms with van der Waals surface area (Å²) in [5, 5.41) is 0.629. The quantitative estimate of drug-likeness (QED) is 0.635. The van der Waals surface area contributed by atoms with Gasteiger partial charge in [0.15, 0.2) is 11.4 Å². The Kier molecular flexibility index (Phi) is 5.05. The number of sulfonamides is 1. The summed E-state index contributed by atoms with van der Waals surface area (Å²) in [7, 11) is -2.02. The molecule has 1 aromatic carbocycles. The molecule has 0 saturated carbocycles. The summed E-state index contributed by atoms with van der Waals surface area (Å²) in [6.07, 6.45) is 4.88. The first-order valence-electron chi connectivity index (χ1n) is 7.66. The molecule has 6 nitrogen and oxygen atoms in total. The van der Waals surface area contributed by atoms with Crippen LogP contribution in [0.25, 0.3) is 5.65 Å². The Hall–Kier alpha value is -1.96. The van der Waals surface area contributed by atoms with E-state index in [0.717, 1.165) is 16.3 Å². The second-order valence-corrected chi connectivity index (χ2v) is 8.66. The maximum atomic E-state index is 11.8. The van der Waals surface area contributed by atoms with E-state index in [-0.39, 0.29) is 11.6 Å². The lowest BCUT2D eigenvalue weighted by molar-refractivity contribution is 0.308. The molecule has 0 aliphatic rings. The summed E-state index contributed by atoms with van der Waals surface area (Å²) >= 11 is 12.7. The zero-order chi connectivity index (χ0) is 19.1. The van der Waals surface area contributed by atoms with Crippen LogP contribution in [0.1, 0.15) is 11.3 Å². The van der Waals surface area contributed by atoms with E-state index in [1.807, 2.05) is 29.8 Å². The Bertz CT molecular complexity index is 1080. The Morgan fingerprint density at radius 1 is 1.27 bits per heavy atom. The number of benzene rings is 1. The van der Waals surface area contributed by atoms with Crippen molar-refractivity contribution in [2.45, 2.75) is 13.5 Å². The molecule has 0 aliphatic carbocycles. The Morgan fingerprint density at radius 2 is 2.00 bits per heavy atom. The molecule has 2 heterocycles. The van der Waals surface area contributed by atoms with Crippen LogP contribution in [0.3, 0.4) is 0 Å². The highest BCUT2D eigenvalue weighted by Crippen LogP contribution is 2.35. The van der Waals surface area contributed by atoms with Crippen LogP contribution in [-0.4, -0.2) is 31.1 Å². The fourth-order valence-electron chi connectivity index (χ4n) is 2.51. The summed E-state index contributed by atoms with van der Waals surface area (Å²) in [5.74, 6) is 0.578. The number of anilines is 1. The van der Waals surface area contributed by atoms with E-state index in [2.05, 4.69) is 4.98 Å². The van der Waals surface area contributed by atoms with Crippen LogP contribution >= 0.6 is 23.2 Å². The van der Waals surface area contributed by atoms with E-state index in [1.54, 1.807) is 18.2 Å². The van der Waals surface area contributed by atoms with Crippen molar-refractivity contribution >= 4 is 44.6 Å². The average molecular weight is 414 g/mol. The van der Waals surface area contributed by atoms with Gasteiger partial charge < -0.3 is 9.14 Å². The van der Waals surface area contributed by atoms with Crippen molar-refractivity contribution in [1.29, 1.82) is 0 Å². The SMILES string of the molecule is Cc1cn2cccc(OCc3c(Cl)ccc(N(C)S(C)(=O)=O)c3Cl)c2n1. The molecule has 3 rings (SSSR count). The second kappa shape index (κ2) is 6.98. The summed E-state index contributed by atoms with van der Waals surface area (Å²) in [6, 6.07) is 6.81. The van der Waals surface area contributed by atoms with Crippen LogP contribution in [0.2, 0.25) is 10.0 Å². The summed E-state index contributed by atoms with van der Waals surface area (Å²) in [4.78, 5) is 4.43. The van der Waals surface area contributed by atoms with Crippen LogP contribution < -0.4 is 9.04 Å². The minimum atomic E-state index is -3.45. The maximum absolute atomic E-state index is 11.8. The van der Waals surface area contributed by atoms with Gasteiger partial charge in [0.25, 0.3) is 0 Å². The highest BCUT2D eigenvalue weighted by molar-refractivity contribution is 7.92. The molecule has 0 bridgehead atoms. The van der Waals surface area contributed by atoms with Gasteiger partial charge in [-0.25, -0.2) is 13.4 Å². The number of rotatable bonds is 5. The number of aryl methyl sites for hydroxylation is 1. The maximum Gasteiger partial charge on any atom is 0.232 e. The topological polar surface area (TPSA) is 63.9 Å². The van der Waals surface area contributed by atoms with E-state index in [9.17, 15) is 8.42 Å². The number of aromatic nitrogens is 2. The van der Waals surface area contributed by atoms with E-state index < -0.39 is 10.0 Å². The number of halogens is 2. The van der Waals surface area contributed by atoms with Crippen molar-refractivity contribution in [3.63, 3.8) is 0 Å². The van der Waals surface area contributed by atoms with Crippen molar-refractivity contribution in [1.82, 2.24) is 9.38 Å². The second-order valence-electron chi connectivity index (χ2n) is 5.86. The first kappa shape index (κ1) is 18.8. The molecular formula is C17H17Cl2N3O3S. The van der Waals surface area contributed by atoms with Crippen LogP contribution in [0, 0.1) is 6.92 Å². The van der Waals surface area contributed by atoms with Crippen molar-refractivity contribution in [3.8, 4) is 5.75 Å². The van der Waals surface area contributed by atoms with Gasteiger partial charge in [-0.15, -0.1) is 0 Å². The van der Waals surface area contributed by atoms with Crippen LogP contribution in [0.5, 0.6) is 5.75 Å². The average Bonchev–Trinajstić information content (AvgIpc) is 2.94. The van der Waals surface area contributed by atoms with Crippen molar-refractivity contribution in [2.75, 3.05) is 17.6 Å². The lowest BCUT2D eigenvalue weighted by atomic mass is 10.2. The first-order valence-corrected chi connectivity index (χ1v) is 10.3. The van der Waals surface area contributed by atoms with Gasteiger partial charge in [-0.05, 0) is 31.2 Å². The highest BCUT2D eigenvalue weighted by atomic mass is 35.5. The lowest BCUT2D eigenvalue weighted by Crippen LogP contribution is -2.25. The molecule has 3 aromatic rings. The zero-order valence-electron chi connectivity index (χ0n) is 14.4. The number of hydrogen-bond donors (Lipinski definition) is 0. The first-order chi connectivity index (χ1) is 12.2. The van der Waals surface area contributed by atoms with Crippen LogP contribution in [0.4, 0.5) is 5.69 Å². The smallest absolute Gasteiger partial charge is 0.232 e. The molecular weight excluding hydrogens is 397 g/mol. The van der Waals surface area contributed by atoms with E-state index in [0.29, 0.717) is 27.7 Å². The highest BCUT2D eigenvalue weighted by Gasteiger charge is 2.19. The minimum Gasteiger partial charge on any atom is -0.485 e. The van der Waals surface area contributed by atoms with Gasteiger partial charge >= 0.3 is 0 Å². The Morgan fingerprint density at radius 3 is 2.69 bits per heavy atom. The third kappa shape index (κ3) is 3.60. The third-order valence-electron chi connectivity index (χ3n) is 3.94. The van der Waals surface area contributed by atoms with Gasteiger partial charge in [-0.3, -0.25) is 4.31 Å². The van der Waals surface area contributed by atoms with Gasteiger partial charge in [-0.2, -0.15) is 0 Å². The van der Waals surface area contributed by atoms with E-state index in [1.165, 1.54) is 7.05 Å². The normalized spacial score (nSPS) is 11.7. The predicted octanol–water partition coefficient (Wildman–Crippen LogP) is 3.92. The van der Waals surface area contributed by atoms with Crippen molar-refractivity contribution < 1.29 is 13.2 Å². The molecule has 138 valence electrons. The third-order valence-corrected chi connectivity index (χ3v) is 5.91. The molecule has 0 radical (unpaired) electrons. The number of imidazole rings is 1. The molecule has 26 heavy (non-hydrogen) atoms. The summed E-state index contributed by atoms with van der Waals surface area (Å²) in [5.41, 5.74) is 2.40. The molecule has 9 heteroatoms. The Labute approximate surface area is 162 Å². The fourth-order valence-corrected chi connectivity index (χ4v) is 3.68. The summed E-state index contributed by atoms with van der Waals surface area (Å²) in [6.45, 7) is 1.98. The predicted molar refractivity (Wildman–Crippen MR) is 104 cm³/mol. The zero-order valence-corrected chi connectivity index (χ0v) is 16.7. The molecule has 2 aromatic heterocycles. The van der Waals surface area contributed by atoms with Gasteiger partial charge in [0.05, 0.1) is 22.7 Å². The molecule has 0 fully saturated rings. The number of ether oxygens (including phenoxy) is 1. The number of pyridine rings is 1. The number of hydrogen-bond acceptors (Lipinski definition) is 4. The minimum absolute atomic E-state index is 0.0781.